The van der Waals surface area contributed by atoms with Crippen molar-refractivity contribution in [3.63, 3.8) is 0 Å². The van der Waals surface area contributed by atoms with Gasteiger partial charge in [-0.3, -0.25) is 14.9 Å². The van der Waals surface area contributed by atoms with Gasteiger partial charge in [0.25, 0.3) is 11.6 Å². The number of carbonyl (C=O) groups excluding carboxylic acids is 2. The zero-order valence-electron chi connectivity index (χ0n) is 14.2. The number of rotatable bonds is 6. The van der Waals surface area contributed by atoms with E-state index in [4.69, 9.17) is 9.15 Å². The zero-order chi connectivity index (χ0) is 20.1. The molecule has 1 heterocycles. The number of benzene rings is 2. The van der Waals surface area contributed by atoms with Gasteiger partial charge in [0.15, 0.2) is 0 Å². The van der Waals surface area contributed by atoms with Crippen LogP contribution in [0.15, 0.2) is 75.8 Å². The Hall–Kier alpha value is -3.46. The van der Waals surface area contributed by atoms with Gasteiger partial charge in [-0.25, -0.2) is 4.79 Å². The molecule has 0 radical (unpaired) electrons. The van der Waals surface area contributed by atoms with E-state index in [1.807, 2.05) is 0 Å². The van der Waals surface area contributed by atoms with Crippen molar-refractivity contribution in [1.82, 2.24) is 0 Å². The number of non-ortho nitro benzene ring substituents is 1. The standard InChI is InChI=1S/C19H13BrN2O6/c20-14-11-13(22(25)26)8-9-15(14)21-18(23)17(12-5-2-1-3-6-12)28-19(24)16-7-4-10-27-16/h1-11,17H,(H,21,23). The van der Waals surface area contributed by atoms with Crippen LogP contribution in [0, 0.1) is 10.1 Å². The molecule has 3 rings (SSSR count). The Morgan fingerprint density at radius 3 is 2.46 bits per heavy atom. The third-order valence-corrected chi connectivity index (χ3v) is 4.37. The van der Waals surface area contributed by atoms with Crippen molar-refractivity contribution in [2.45, 2.75) is 6.10 Å². The number of halogens is 1. The summed E-state index contributed by atoms with van der Waals surface area (Å²) in [5, 5.41) is 13.5. The fourth-order valence-corrected chi connectivity index (χ4v) is 2.84. The Morgan fingerprint density at radius 1 is 1.11 bits per heavy atom. The van der Waals surface area contributed by atoms with E-state index in [9.17, 15) is 19.7 Å². The van der Waals surface area contributed by atoms with E-state index in [1.54, 1.807) is 30.3 Å². The van der Waals surface area contributed by atoms with Crippen LogP contribution in [0.3, 0.4) is 0 Å². The number of hydrogen-bond donors (Lipinski definition) is 1. The largest absolute Gasteiger partial charge is 0.457 e. The molecule has 9 heteroatoms. The van der Waals surface area contributed by atoms with Crippen LogP contribution in [-0.4, -0.2) is 16.8 Å². The fraction of sp³-hybridized carbons (Fsp3) is 0.0526. The average molecular weight is 445 g/mol. The third kappa shape index (κ3) is 4.44. The summed E-state index contributed by atoms with van der Waals surface area (Å²) in [6.07, 6.45) is 0.0724. The highest BCUT2D eigenvalue weighted by Crippen LogP contribution is 2.29. The van der Waals surface area contributed by atoms with Crippen molar-refractivity contribution in [2.24, 2.45) is 0 Å². The predicted octanol–water partition coefficient (Wildman–Crippen LogP) is 4.49. The molecule has 0 aliphatic heterocycles. The quantitative estimate of drug-likeness (QED) is 0.340. The lowest BCUT2D eigenvalue weighted by Crippen LogP contribution is -2.26. The number of anilines is 1. The number of ether oxygens (including phenoxy) is 1. The van der Waals surface area contributed by atoms with Gasteiger partial charge in [-0.05, 0) is 34.1 Å². The maximum Gasteiger partial charge on any atom is 0.375 e. The molecule has 1 aromatic heterocycles. The number of esters is 1. The van der Waals surface area contributed by atoms with Crippen LogP contribution in [0.25, 0.3) is 0 Å². The normalized spacial score (nSPS) is 11.5. The molecule has 28 heavy (non-hydrogen) atoms. The monoisotopic (exact) mass is 444 g/mol. The molecule has 1 amide bonds. The van der Waals surface area contributed by atoms with E-state index in [0.717, 1.165) is 0 Å². The SMILES string of the molecule is O=C(OC(C(=O)Nc1ccc([N+](=O)[O-])cc1Br)c1ccccc1)c1ccco1. The van der Waals surface area contributed by atoms with Gasteiger partial charge in [0.1, 0.15) is 0 Å². The summed E-state index contributed by atoms with van der Waals surface area (Å²) >= 11 is 3.19. The first kappa shape index (κ1) is 19.3. The summed E-state index contributed by atoms with van der Waals surface area (Å²) in [5.74, 6) is -1.46. The number of nitro groups is 1. The molecule has 1 unspecified atom stereocenters. The van der Waals surface area contributed by atoms with Gasteiger partial charge in [0.2, 0.25) is 11.9 Å². The molecule has 3 aromatic rings. The van der Waals surface area contributed by atoms with E-state index in [0.29, 0.717) is 15.7 Å². The number of furan rings is 1. The molecule has 2 aromatic carbocycles. The average Bonchev–Trinajstić information content (AvgIpc) is 3.23. The van der Waals surface area contributed by atoms with Crippen LogP contribution < -0.4 is 5.32 Å². The highest BCUT2D eigenvalue weighted by atomic mass is 79.9. The van der Waals surface area contributed by atoms with Gasteiger partial charge in [-0.1, -0.05) is 30.3 Å². The van der Waals surface area contributed by atoms with E-state index >= 15 is 0 Å². The number of nitro benzene ring substituents is 1. The Kier molecular flexibility index (Phi) is 5.85. The Bertz CT molecular complexity index is 1000. The highest BCUT2D eigenvalue weighted by Gasteiger charge is 2.27. The molecule has 0 saturated carbocycles. The molecule has 0 bridgehead atoms. The van der Waals surface area contributed by atoms with Gasteiger partial charge < -0.3 is 14.5 Å². The topological polar surface area (TPSA) is 112 Å². The van der Waals surface area contributed by atoms with Crippen molar-refractivity contribution < 1.29 is 23.7 Å². The summed E-state index contributed by atoms with van der Waals surface area (Å²) in [6.45, 7) is 0. The maximum absolute atomic E-state index is 12.8. The van der Waals surface area contributed by atoms with Crippen LogP contribution in [0.2, 0.25) is 0 Å². The lowest BCUT2D eigenvalue weighted by molar-refractivity contribution is -0.384. The molecule has 1 atom stereocenters. The van der Waals surface area contributed by atoms with Crippen LogP contribution in [0.4, 0.5) is 11.4 Å². The Labute approximate surface area is 167 Å². The molecule has 0 aliphatic rings. The van der Waals surface area contributed by atoms with E-state index in [2.05, 4.69) is 21.2 Å². The van der Waals surface area contributed by atoms with Gasteiger partial charge in [0, 0.05) is 22.2 Å². The number of nitrogens with zero attached hydrogens (tertiary/aromatic N) is 1. The minimum Gasteiger partial charge on any atom is -0.457 e. The van der Waals surface area contributed by atoms with Crippen LogP contribution >= 0.6 is 15.9 Å². The lowest BCUT2D eigenvalue weighted by Gasteiger charge is -2.18. The summed E-state index contributed by atoms with van der Waals surface area (Å²) in [5.41, 5.74) is 0.622. The molecule has 1 N–H and O–H groups in total. The molecule has 142 valence electrons. The molecular weight excluding hydrogens is 432 g/mol. The van der Waals surface area contributed by atoms with Gasteiger partial charge in [0.05, 0.1) is 16.9 Å². The number of amides is 1. The van der Waals surface area contributed by atoms with Crippen LogP contribution in [-0.2, 0) is 9.53 Å². The highest BCUT2D eigenvalue weighted by molar-refractivity contribution is 9.10. The summed E-state index contributed by atoms with van der Waals surface area (Å²) < 4.78 is 10.7. The van der Waals surface area contributed by atoms with Gasteiger partial charge in [-0.2, -0.15) is 0 Å². The van der Waals surface area contributed by atoms with Crippen LogP contribution in [0.5, 0.6) is 0 Å². The number of nitrogens with one attached hydrogen (secondary N) is 1. The second-order valence-corrected chi connectivity index (χ2v) is 6.44. The van der Waals surface area contributed by atoms with Crippen molar-refractivity contribution in [1.29, 1.82) is 0 Å². The second-order valence-electron chi connectivity index (χ2n) is 5.58. The first-order valence-electron chi connectivity index (χ1n) is 8.00. The third-order valence-electron chi connectivity index (χ3n) is 3.71. The molecule has 0 fully saturated rings. The smallest absolute Gasteiger partial charge is 0.375 e. The van der Waals surface area contributed by atoms with Crippen molar-refractivity contribution in [3.8, 4) is 0 Å². The molecule has 0 spiro atoms. The summed E-state index contributed by atoms with van der Waals surface area (Å²) in [7, 11) is 0. The molecule has 0 aliphatic carbocycles. The Balaban J connectivity index is 1.84. The molecule has 8 nitrogen and oxygen atoms in total. The van der Waals surface area contributed by atoms with Crippen molar-refractivity contribution in [2.75, 3.05) is 5.32 Å². The van der Waals surface area contributed by atoms with Crippen LogP contribution in [0.1, 0.15) is 22.2 Å². The molecular formula is C19H13BrN2O6. The molecule has 0 saturated heterocycles. The first-order chi connectivity index (χ1) is 13.5. The van der Waals surface area contributed by atoms with Crippen molar-refractivity contribution >= 4 is 39.2 Å². The van der Waals surface area contributed by atoms with Gasteiger partial charge in [-0.15, -0.1) is 0 Å². The van der Waals surface area contributed by atoms with Crippen molar-refractivity contribution in [3.05, 3.63) is 92.8 Å². The lowest BCUT2D eigenvalue weighted by atomic mass is 10.1. The minimum absolute atomic E-state index is 0.0368. The second kappa shape index (κ2) is 8.49. The maximum atomic E-state index is 12.8. The van der Waals surface area contributed by atoms with E-state index in [-0.39, 0.29) is 11.4 Å². The van der Waals surface area contributed by atoms with E-state index < -0.39 is 22.9 Å². The number of carbonyl (C=O) groups is 2. The number of hydrogen-bond acceptors (Lipinski definition) is 6. The Morgan fingerprint density at radius 2 is 1.86 bits per heavy atom. The van der Waals surface area contributed by atoms with E-state index in [1.165, 1.54) is 36.6 Å². The predicted molar refractivity (Wildman–Crippen MR) is 103 cm³/mol. The minimum atomic E-state index is -1.25. The van der Waals surface area contributed by atoms with Gasteiger partial charge >= 0.3 is 5.97 Å². The summed E-state index contributed by atoms with van der Waals surface area (Å²) in [6, 6.07) is 15.3. The summed E-state index contributed by atoms with van der Waals surface area (Å²) in [4.78, 5) is 35.4. The zero-order valence-corrected chi connectivity index (χ0v) is 15.8. The first-order valence-corrected chi connectivity index (χ1v) is 8.79. The fourth-order valence-electron chi connectivity index (χ4n) is 2.38.